The first-order chi connectivity index (χ1) is 7.40. The molecule has 0 amide bonds. The molecule has 0 bridgehead atoms. The summed E-state index contributed by atoms with van der Waals surface area (Å²) in [6.07, 6.45) is 8.81. The van der Waals surface area contributed by atoms with Crippen molar-refractivity contribution in [2.75, 3.05) is 13.2 Å². The molecule has 1 unspecified atom stereocenters. The van der Waals surface area contributed by atoms with Crippen molar-refractivity contribution in [3.05, 3.63) is 24.0 Å². The van der Waals surface area contributed by atoms with E-state index < -0.39 is 0 Å². The van der Waals surface area contributed by atoms with E-state index in [9.17, 15) is 0 Å². The monoisotopic (exact) mass is 208 g/mol. The van der Waals surface area contributed by atoms with Crippen LogP contribution in [0.3, 0.4) is 0 Å². The van der Waals surface area contributed by atoms with Crippen molar-refractivity contribution in [2.45, 2.75) is 38.3 Å². The average molecular weight is 208 g/mol. The molecule has 0 radical (unpaired) electrons. The zero-order valence-electron chi connectivity index (χ0n) is 9.15. The number of aliphatic hydroxyl groups excluding tert-OH is 1. The maximum atomic E-state index is 9.03. The molecule has 84 valence electrons. The van der Waals surface area contributed by atoms with Crippen LogP contribution in [0.2, 0.25) is 0 Å². The quantitative estimate of drug-likeness (QED) is 0.791. The lowest BCUT2D eigenvalue weighted by Crippen LogP contribution is -2.39. The van der Waals surface area contributed by atoms with E-state index in [0.717, 1.165) is 13.0 Å². The molecule has 0 aromatic carbocycles. The fourth-order valence-electron chi connectivity index (χ4n) is 2.44. The number of piperidine rings is 1. The molecule has 1 aromatic heterocycles. The molecule has 0 saturated carbocycles. The Morgan fingerprint density at radius 3 is 3.13 bits per heavy atom. The van der Waals surface area contributed by atoms with Crippen LogP contribution < -0.4 is 0 Å². The Morgan fingerprint density at radius 1 is 1.47 bits per heavy atom. The average Bonchev–Trinajstić information content (AvgIpc) is 2.74. The topological polar surface area (TPSA) is 39.3 Å². The van der Waals surface area contributed by atoms with Crippen LogP contribution in [-0.2, 0) is 6.54 Å². The summed E-state index contributed by atoms with van der Waals surface area (Å²) >= 11 is 0. The SMILES string of the molecule is OCCC1CCCCN1Cc1cc[nH]c1. The lowest BCUT2D eigenvalue weighted by atomic mass is 9.99. The molecule has 1 aliphatic heterocycles. The Morgan fingerprint density at radius 2 is 2.40 bits per heavy atom. The maximum Gasteiger partial charge on any atom is 0.0445 e. The number of aliphatic hydroxyl groups is 1. The molecule has 0 spiro atoms. The maximum absolute atomic E-state index is 9.03. The highest BCUT2D eigenvalue weighted by atomic mass is 16.3. The fraction of sp³-hybridized carbons (Fsp3) is 0.667. The van der Waals surface area contributed by atoms with Crippen LogP contribution in [0, 0.1) is 0 Å². The zero-order chi connectivity index (χ0) is 10.5. The summed E-state index contributed by atoms with van der Waals surface area (Å²) in [5.41, 5.74) is 1.35. The molecule has 2 heterocycles. The predicted octanol–water partition coefficient (Wildman–Crippen LogP) is 1.75. The largest absolute Gasteiger partial charge is 0.396 e. The smallest absolute Gasteiger partial charge is 0.0445 e. The van der Waals surface area contributed by atoms with E-state index in [2.05, 4.69) is 22.1 Å². The van der Waals surface area contributed by atoms with Gasteiger partial charge in [0.1, 0.15) is 0 Å². The van der Waals surface area contributed by atoms with E-state index in [1.807, 2.05) is 6.20 Å². The Hall–Kier alpha value is -0.800. The first-order valence-electron chi connectivity index (χ1n) is 5.86. The number of nitrogens with one attached hydrogen (secondary N) is 1. The van der Waals surface area contributed by atoms with Crippen molar-refractivity contribution in [2.24, 2.45) is 0 Å². The highest BCUT2D eigenvalue weighted by molar-refractivity contribution is 5.08. The van der Waals surface area contributed by atoms with Gasteiger partial charge in [-0.15, -0.1) is 0 Å². The molecule has 2 rings (SSSR count). The molecular formula is C12H20N2O. The number of nitrogens with zero attached hydrogens (tertiary/aromatic N) is 1. The van der Waals surface area contributed by atoms with E-state index in [1.54, 1.807) is 0 Å². The number of hydrogen-bond acceptors (Lipinski definition) is 2. The first kappa shape index (κ1) is 10.7. The van der Waals surface area contributed by atoms with Crippen molar-refractivity contribution in [1.82, 2.24) is 9.88 Å². The Kier molecular flexibility index (Phi) is 3.80. The van der Waals surface area contributed by atoms with E-state index in [-0.39, 0.29) is 0 Å². The highest BCUT2D eigenvalue weighted by Crippen LogP contribution is 2.21. The van der Waals surface area contributed by atoms with Gasteiger partial charge in [-0.3, -0.25) is 4.90 Å². The second kappa shape index (κ2) is 5.33. The molecule has 1 aromatic rings. The number of rotatable bonds is 4. The minimum atomic E-state index is 0.314. The number of hydrogen-bond donors (Lipinski definition) is 2. The van der Waals surface area contributed by atoms with E-state index in [0.29, 0.717) is 12.6 Å². The first-order valence-corrected chi connectivity index (χ1v) is 5.86. The summed E-state index contributed by atoms with van der Waals surface area (Å²) < 4.78 is 0. The summed E-state index contributed by atoms with van der Waals surface area (Å²) in [6.45, 7) is 2.51. The molecule has 0 aliphatic carbocycles. The molecule has 2 N–H and O–H groups in total. The van der Waals surface area contributed by atoms with Crippen LogP contribution in [0.25, 0.3) is 0 Å². The molecule has 1 saturated heterocycles. The van der Waals surface area contributed by atoms with Gasteiger partial charge in [0.15, 0.2) is 0 Å². The normalized spacial score (nSPS) is 23.1. The van der Waals surface area contributed by atoms with E-state index in [4.69, 9.17) is 5.11 Å². The molecule has 15 heavy (non-hydrogen) atoms. The van der Waals surface area contributed by atoms with Gasteiger partial charge in [-0.2, -0.15) is 0 Å². The van der Waals surface area contributed by atoms with Gasteiger partial charge in [-0.25, -0.2) is 0 Å². The second-order valence-electron chi connectivity index (χ2n) is 4.35. The van der Waals surface area contributed by atoms with Crippen molar-refractivity contribution < 1.29 is 5.11 Å². The van der Waals surface area contributed by atoms with Crippen molar-refractivity contribution >= 4 is 0 Å². The standard InChI is InChI=1S/C12H20N2O/c15-8-5-12-3-1-2-7-14(12)10-11-4-6-13-9-11/h4,6,9,12-13,15H,1-3,5,7-8,10H2. The van der Waals surface area contributed by atoms with Crippen LogP contribution in [0.4, 0.5) is 0 Å². The number of likely N-dealkylation sites (tertiary alicyclic amines) is 1. The van der Waals surface area contributed by atoms with E-state index >= 15 is 0 Å². The van der Waals surface area contributed by atoms with Crippen LogP contribution in [0.5, 0.6) is 0 Å². The summed E-state index contributed by atoms with van der Waals surface area (Å²) in [7, 11) is 0. The third-order valence-corrected chi connectivity index (χ3v) is 3.26. The molecule has 1 aliphatic rings. The lowest BCUT2D eigenvalue weighted by molar-refractivity contribution is 0.112. The number of aromatic amines is 1. The minimum Gasteiger partial charge on any atom is -0.396 e. The number of H-pyrrole nitrogens is 1. The molecular weight excluding hydrogens is 188 g/mol. The summed E-state index contributed by atoms with van der Waals surface area (Å²) in [5, 5.41) is 9.03. The number of aromatic nitrogens is 1. The minimum absolute atomic E-state index is 0.314. The molecule has 1 fully saturated rings. The summed E-state index contributed by atoms with van der Waals surface area (Å²) in [6, 6.07) is 2.71. The zero-order valence-corrected chi connectivity index (χ0v) is 9.15. The highest BCUT2D eigenvalue weighted by Gasteiger charge is 2.21. The second-order valence-corrected chi connectivity index (χ2v) is 4.35. The predicted molar refractivity (Wildman–Crippen MR) is 60.5 cm³/mol. The van der Waals surface area contributed by atoms with Crippen molar-refractivity contribution in [3.8, 4) is 0 Å². The third kappa shape index (κ3) is 2.83. The van der Waals surface area contributed by atoms with Gasteiger partial charge in [0.05, 0.1) is 0 Å². The lowest BCUT2D eigenvalue weighted by Gasteiger charge is -2.35. The fourth-order valence-corrected chi connectivity index (χ4v) is 2.44. The Labute approximate surface area is 91.1 Å². The van der Waals surface area contributed by atoms with Gasteiger partial charge in [0.2, 0.25) is 0 Å². The molecule has 1 atom stereocenters. The van der Waals surface area contributed by atoms with Crippen molar-refractivity contribution in [1.29, 1.82) is 0 Å². The van der Waals surface area contributed by atoms with E-state index in [1.165, 1.54) is 31.4 Å². The Balaban J connectivity index is 1.92. The summed E-state index contributed by atoms with van der Waals surface area (Å²) in [5.74, 6) is 0. The van der Waals surface area contributed by atoms with Crippen molar-refractivity contribution in [3.63, 3.8) is 0 Å². The van der Waals surface area contributed by atoms with Crippen LogP contribution >= 0.6 is 0 Å². The van der Waals surface area contributed by atoms with Gasteiger partial charge in [-0.1, -0.05) is 6.42 Å². The summed E-state index contributed by atoms with van der Waals surface area (Å²) in [4.78, 5) is 5.59. The molecule has 3 nitrogen and oxygen atoms in total. The third-order valence-electron chi connectivity index (χ3n) is 3.26. The molecule has 3 heteroatoms. The van der Waals surface area contributed by atoms with Gasteiger partial charge in [0.25, 0.3) is 0 Å². The van der Waals surface area contributed by atoms with Crippen LogP contribution in [-0.4, -0.2) is 34.2 Å². The van der Waals surface area contributed by atoms with Gasteiger partial charge < -0.3 is 10.1 Å². The van der Waals surface area contributed by atoms with Gasteiger partial charge in [-0.05, 0) is 37.4 Å². The van der Waals surface area contributed by atoms with Crippen LogP contribution in [0.1, 0.15) is 31.2 Å². The van der Waals surface area contributed by atoms with Gasteiger partial charge in [0, 0.05) is 31.6 Å². The Bertz CT molecular complexity index is 269. The van der Waals surface area contributed by atoms with Crippen LogP contribution in [0.15, 0.2) is 18.5 Å². The van der Waals surface area contributed by atoms with Gasteiger partial charge >= 0.3 is 0 Å².